The fourth-order valence-electron chi connectivity index (χ4n) is 2.91. The molecule has 0 spiro atoms. The molecule has 21 heavy (non-hydrogen) atoms. The fourth-order valence-corrected chi connectivity index (χ4v) is 2.91. The summed E-state index contributed by atoms with van der Waals surface area (Å²) in [7, 11) is 1.99. The molecule has 1 N–H and O–H groups in total. The molecule has 1 aliphatic rings. The molecule has 0 aliphatic carbocycles. The summed E-state index contributed by atoms with van der Waals surface area (Å²) in [5.41, 5.74) is 1.08. The molecule has 4 nitrogen and oxygen atoms in total. The number of hydrogen-bond donors (Lipinski definition) is 1. The summed E-state index contributed by atoms with van der Waals surface area (Å²) >= 11 is 0. The van der Waals surface area contributed by atoms with Crippen LogP contribution in [0.2, 0.25) is 0 Å². The van der Waals surface area contributed by atoms with Crippen LogP contribution in [0.1, 0.15) is 48.1 Å². The SMILES string of the molecule is CCc1oc(C(=O)N2CCC(CCNC)CC2)cc1C.Cl. The zero-order valence-electron chi connectivity index (χ0n) is 13.3. The van der Waals surface area contributed by atoms with Crippen LogP contribution in [0.25, 0.3) is 0 Å². The molecular formula is C16H27ClN2O2. The van der Waals surface area contributed by atoms with E-state index in [-0.39, 0.29) is 18.3 Å². The van der Waals surface area contributed by atoms with Gasteiger partial charge in [0.15, 0.2) is 5.76 Å². The van der Waals surface area contributed by atoms with E-state index < -0.39 is 0 Å². The van der Waals surface area contributed by atoms with E-state index >= 15 is 0 Å². The van der Waals surface area contributed by atoms with Crippen LogP contribution in [0, 0.1) is 12.8 Å². The Hall–Kier alpha value is -1.00. The molecule has 5 heteroatoms. The van der Waals surface area contributed by atoms with Gasteiger partial charge in [0.1, 0.15) is 5.76 Å². The van der Waals surface area contributed by atoms with Crippen molar-refractivity contribution in [3.63, 3.8) is 0 Å². The van der Waals surface area contributed by atoms with Crippen LogP contribution in [0.5, 0.6) is 0 Å². The first-order chi connectivity index (χ1) is 9.65. The first kappa shape index (κ1) is 18.1. The molecule has 0 unspecified atom stereocenters. The molecule has 1 aromatic heterocycles. The lowest BCUT2D eigenvalue weighted by atomic mass is 9.93. The maximum absolute atomic E-state index is 12.4. The van der Waals surface area contributed by atoms with E-state index in [0.717, 1.165) is 56.1 Å². The smallest absolute Gasteiger partial charge is 0.289 e. The van der Waals surface area contributed by atoms with Crippen molar-refractivity contribution < 1.29 is 9.21 Å². The van der Waals surface area contributed by atoms with Crippen LogP contribution < -0.4 is 5.32 Å². The van der Waals surface area contributed by atoms with Crippen molar-refractivity contribution >= 4 is 18.3 Å². The summed E-state index contributed by atoms with van der Waals surface area (Å²) in [5.74, 6) is 2.24. The van der Waals surface area contributed by atoms with Crippen molar-refractivity contribution in [2.75, 3.05) is 26.7 Å². The minimum Gasteiger partial charge on any atom is -0.456 e. The molecule has 2 rings (SSSR count). The number of carbonyl (C=O) groups excluding carboxylic acids is 1. The number of nitrogens with zero attached hydrogens (tertiary/aromatic N) is 1. The number of rotatable bonds is 5. The lowest BCUT2D eigenvalue weighted by molar-refractivity contribution is 0.0653. The normalized spacial score (nSPS) is 15.9. The fraction of sp³-hybridized carbons (Fsp3) is 0.688. The molecule has 0 bridgehead atoms. The van der Waals surface area contributed by atoms with E-state index in [2.05, 4.69) is 5.32 Å². The van der Waals surface area contributed by atoms with E-state index in [9.17, 15) is 4.79 Å². The largest absolute Gasteiger partial charge is 0.456 e. The van der Waals surface area contributed by atoms with Gasteiger partial charge in [-0.3, -0.25) is 4.79 Å². The van der Waals surface area contributed by atoms with Gasteiger partial charge in [0, 0.05) is 19.5 Å². The molecular weight excluding hydrogens is 288 g/mol. The summed E-state index contributed by atoms with van der Waals surface area (Å²) in [6, 6.07) is 1.88. The van der Waals surface area contributed by atoms with Gasteiger partial charge in [0.2, 0.25) is 0 Å². The molecule has 2 heterocycles. The van der Waals surface area contributed by atoms with Crippen LogP contribution in [-0.4, -0.2) is 37.5 Å². The van der Waals surface area contributed by atoms with Crippen molar-refractivity contribution in [2.24, 2.45) is 5.92 Å². The maximum Gasteiger partial charge on any atom is 0.289 e. The predicted molar refractivity (Wildman–Crippen MR) is 87.2 cm³/mol. The first-order valence-corrected chi connectivity index (χ1v) is 7.68. The third kappa shape index (κ3) is 4.48. The zero-order valence-corrected chi connectivity index (χ0v) is 14.1. The molecule has 1 saturated heterocycles. The van der Waals surface area contributed by atoms with E-state index in [1.807, 2.05) is 31.9 Å². The van der Waals surface area contributed by atoms with Crippen LogP contribution in [0.15, 0.2) is 10.5 Å². The van der Waals surface area contributed by atoms with Crippen molar-refractivity contribution in [3.8, 4) is 0 Å². The quantitative estimate of drug-likeness (QED) is 0.908. The molecule has 120 valence electrons. The third-order valence-corrected chi connectivity index (χ3v) is 4.26. The van der Waals surface area contributed by atoms with Crippen LogP contribution in [0.3, 0.4) is 0 Å². The second kappa shape index (κ2) is 8.44. The summed E-state index contributed by atoms with van der Waals surface area (Å²) in [4.78, 5) is 14.4. The Balaban J connectivity index is 0.00000220. The minimum atomic E-state index is 0. The van der Waals surface area contributed by atoms with E-state index in [0.29, 0.717) is 5.76 Å². The molecule has 0 radical (unpaired) electrons. The van der Waals surface area contributed by atoms with Gasteiger partial charge in [-0.15, -0.1) is 12.4 Å². The highest BCUT2D eigenvalue weighted by Gasteiger charge is 2.25. The van der Waals surface area contributed by atoms with Gasteiger partial charge >= 0.3 is 0 Å². The van der Waals surface area contributed by atoms with Crippen molar-refractivity contribution in [1.82, 2.24) is 10.2 Å². The Morgan fingerprint density at radius 1 is 1.43 bits per heavy atom. The molecule has 0 atom stereocenters. The average molecular weight is 315 g/mol. The van der Waals surface area contributed by atoms with Crippen LogP contribution >= 0.6 is 12.4 Å². The number of furan rings is 1. The number of likely N-dealkylation sites (tertiary alicyclic amines) is 1. The number of hydrogen-bond acceptors (Lipinski definition) is 3. The summed E-state index contributed by atoms with van der Waals surface area (Å²) in [6.45, 7) is 6.83. The van der Waals surface area contributed by atoms with Gasteiger partial charge in [-0.2, -0.15) is 0 Å². The molecule has 1 aliphatic heterocycles. The second-order valence-corrected chi connectivity index (χ2v) is 5.70. The monoisotopic (exact) mass is 314 g/mol. The van der Waals surface area contributed by atoms with E-state index in [1.54, 1.807) is 0 Å². The Morgan fingerprint density at radius 3 is 2.62 bits per heavy atom. The number of amides is 1. The standard InChI is InChI=1S/C16H26N2O2.ClH/c1-4-14-12(2)11-15(20-14)16(19)18-9-6-13(7-10-18)5-8-17-3;/h11,13,17H,4-10H2,1-3H3;1H. The summed E-state index contributed by atoms with van der Waals surface area (Å²) < 4.78 is 5.67. The zero-order chi connectivity index (χ0) is 14.5. The first-order valence-electron chi connectivity index (χ1n) is 7.68. The van der Waals surface area contributed by atoms with Crippen LogP contribution in [-0.2, 0) is 6.42 Å². The minimum absolute atomic E-state index is 0. The van der Waals surface area contributed by atoms with Gasteiger partial charge in [0.05, 0.1) is 0 Å². The van der Waals surface area contributed by atoms with E-state index in [4.69, 9.17) is 4.42 Å². The molecule has 0 aromatic carbocycles. The number of nitrogens with one attached hydrogen (secondary N) is 1. The highest BCUT2D eigenvalue weighted by atomic mass is 35.5. The van der Waals surface area contributed by atoms with Gasteiger partial charge < -0.3 is 14.6 Å². The van der Waals surface area contributed by atoms with Gasteiger partial charge in [-0.05, 0) is 57.3 Å². The maximum atomic E-state index is 12.4. The molecule has 1 fully saturated rings. The lowest BCUT2D eigenvalue weighted by Crippen LogP contribution is -2.38. The van der Waals surface area contributed by atoms with E-state index in [1.165, 1.54) is 6.42 Å². The van der Waals surface area contributed by atoms with Gasteiger partial charge in [-0.1, -0.05) is 6.92 Å². The Bertz CT molecular complexity index is 451. The average Bonchev–Trinajstić information content (AvgIpc) is 2.86. The van der Waals surface area contributed by atoms with Crippen molar-refractivity contribution in [2.45, 2.75) is 39.5 Å². The molecule has 1 amide bonds. The Labute approximate surface area is 133 Å². The molecule has 0 saturated carbocycles. The predicted octanol–water partition coefficient (Wildman–Crippen LogP) is 3.03. The Kier molecular flexibility index (Phi) is 7.26. The highest BCUT2D eigenvalue weighted by Crippen LogP contribution is 2.23. The highest BCUT2D eigenvalue weighted by molar-refractivity contribution is 5.91. The van der Waals surface area contributed by atoms with Gasteiger partial charge in [-0.25, -0.2) is 0 Å². The van der Waals surface area contributed by atoms with Crippen molar-refractivity contribution in [1.29, 1.82) is 0 Å². The number of halogens is 1. The summed E-state index contributed by atoms with van der Waals surface area (Å²) in [5, 5.41) is 3.19. The number of carbonyl (C=O) groups is 1. The van der Waals surface area contributed by atoms with Crippen molar-refractivity contribution in [3.05, 3.63) is 23.2 Å². The van der Waals surface area contributed by atoms with Crippen LogP contribution in [0.4, 0.5) is 0 Å². The lowest BCUT2D eigenvalue weighted by Gasteiger charge is -2.31. The third-order valence-electron chi connectivity index (χ3n) is 4.26. The van der Waals surface area contributed by atoms with Gasteiger partial charge in [0.25, 0.3) is 5.91 Å². The topological polar surface area (TPSA) is 45.5 Å². The Morgan fingerprint density at radius 2 is 2.10 bits per heavy atom. The second-order valence-electron chi connectivity index (χ2n) is 5.70. The number of piperidine rings is 1. The summed E-state index contributed by atoms with van der Waals surface area (Å²) in [6.07, 6.45) is 4.26. The number of aryl methyl sites for hydroxylation is 2. The molecule has 1 aromatic rings.